The molecule has 1 aromatic heterocycles. The van der Waals surface area contributed by atoms with Crippen molar-refractivity contribution in [3.63, 3.8) is 0 Å². The molecule has 25 heavy (non-hydrogen) atoms. The minimum atomic E-state index is -0.102. The number of aryl methyl sites for hydroxylation is 1. The van der Waals surface area contributed by atoms with Crippen molar-refractivity contribution in [2.75, 3.05) is 27.9 Å². The summed E-state index contributed by atoms with van der Waals surface area (Å²) >= 11 is 0. The van der Waals surface area contributed by atoms with Crippen LogP contribution in [0, 0.1) is 6.92 Å². The Morgan fingerprint density at radius 2 is 1.76 bits per heavy atom. The molecule has 0 spiro atoms. The molecular formula is C19H23NO5. The third-order valence-electron chi connectivity index (χ3n) is 4.54. The zero-order valence-electron chi connectivity index (χ0n) is 15.0. The fourth-order valence-corrected chi connectivity index (χ4v) is 3.29. The lowest BCUT2D eigenvalue weighted by molar-refractivity contribution is 0.0715. The molecule has 0 radical (unpaired) electrons. The lowest BCUT2D eigenvalue weighted by Crippen LogP contribution is -2.30. The molecule has 2 heterocycles. The number of methoxy groups -OCH3 is 3. The van der Waals surface area contributed by atoms with Gasteiger partial charge in [-0.1, -0.05) is 0 Å². The van der Waals surface area contributed by atoms with E-state index in [1.807, 2.05) is 24.0 Å². The zero-order chi connectivity index (χ0) is 18.0. The Kier molecular flexibility index (Phi) is 4.88. The highest BCUT2D eigenvalue weighted by molar-refractivity contribution is 5.98. The summed E-state index contributed by atoms with van der Waals surface area (Å²) in [7, 11) is 4.63. The molecule has 1 atom stereocenters. The summed E-state index contributed by atoms with van der Waals surface area (Å²) in [4.78, 5) is 15.0. The van der Waals surface area contributed by atoms with Crippen molar-refractivity contribution >= 4 is 5.91 Å². The molecule has 1 aromatic carbocycles. The number of carbonyl (C=O) groups is 1. The van der Waals surface area contributed by atoms with Crippen molar-refractivity contribution in [1.29, 1.82) is 0 Å². The maximum Gasteiger partial charge on any atom is 0.258 e. The number of furan rings is 1. The Bertz CT molecular complexity index is 767. The van der Waals surface area contributed by atoms with E-state index >= 15 is 0 Å². The second-order valence-corrected chi connectivity index (χ2v) is 6.01. The quantitative estimate of drug-likeness (QED) is 0.829. The fourth-order valence-electron chi connectivity index (χ4n) is 3.29. The van der Waals surface area contributed by atoms with Gasteiger partial charge in [-0.15, -0.1) is 0 Å². The highest BCUT2D eigenvalue weighted by Crippen LogP contribution is 2.39. The number of benzene rings is 1. The number of hydrogen-bond donors (Lipinski definition) is 0. The van der Waals surface area contributed by atoms with Crippen LogP contribution in [0.15, 0.2) is 28.7 Å². The van der Waals surface area contributed by atoms with Gasteiger partial charge in [-0.3, -0.25) is 4.79 Å². The summed E-state index contributed by atoms with van der Waals surface area (Å²) in [5.41, 5.74) is 0.454. The maximum absolute atomic E-state index is 13.2. The number of likely N-dealkylation sites (tertiary alicyclic amines) is 1. The zero-order valence-corrected chi connectivity index (χ0v) is 15.0. The number of hydrogen-bond acceptors (Lipinski definition) is 5. The summed E-state index contributed by atoms with van der Waals surface area (Å²) in [5.74, 6) is 3.05. The van der Waals surface area contributed by atoms with Crippen LogP contribution in [0.2, 0.25) is 0 Å². The Morgan fingerprint density at radius 1 is 1.08 bits per heavy atom. The van der Waals surface area contributed by atoms with E-state index in [9.17, 15) is 4.79 Å². The van der Waals surface area contributed by atoms with E-state index in [-0.39, 0.29) is 11.9 Å². The Morgan fingerprint density at radius 3 is 2.36 bits per heavy atom. The average molecular weight is 345 g/mol. The summed E-state index contributed by atoms with van der Waals surface area (Å²) < 4.78 is 21.8. The summed E-state index contributed by atoms with van der Waals surface area (Å²) in [6.07, 6.45) is 1.82. The van der Waals surface area contributed by atoms with E-state index in [2.05, 4.69) is 0 Å². The second kappa shape index (κ2) is 7.09. The van der Waals surface area contributed by atoms with E-state index in [1.54, 1.807) is 26.4 Å². The predicted molar refractivity (Wildman–Crippen MR) is 92.6 cm³/mol. The highest BCUT2D eigenvalue weighted by atomic mass is 16.5. The lowest BCUT2D eigenvalue weighted by Gasteiger charge is -2.24. The second-order valence-electron chi connectivity index (χ2n) is 6.01. The number of ether oxygens (including phenoxy) is 3. The molecule has 0 saturated carbocycles. The minimum absolute atomic E-state index is 0.0565. The monoisotopic (exact) mass is 345 g/mol. The minimum Gasteiger partial charge on any atom is -0.496 e. The van der Waals surface area contributed by atoms with Gasteiger partial charge in [-0.05, 0) is 31.9 Å². The molecule has 1 saturated heterocycles. The normalized spacial score (nSPS) is 16.8. The van der Waals surface area contributed by atoms with E-state index in [0.29, 0.717) is 29.4 Å². The Balaban J connectivity index is 1.96. The largest absolute Gasteiger partial charge is 0.496 e. The molecule has 6 heteroatoms. The first-order valence-electron chi connectivity index (χ1n) is 8.26. The highest BCUT2D eigenvalue weighted by Gasteiger charge is 2.34. The van der Waals surface area contributed by atoms with Gasteiger partial charge < -0.3 is 23.5 Å². The van der Waals surface area contributed by atoms with Gasteiger partial charge in [0, 0.05) is 18.7 Å². The van der Waals surface area contributed by atoms with E-state index in [1.165, 1.54) is 7.11 Å². The topological polar surface area (TPSA) is 61.1 Å². The van der Waals surface area contributed by atoms with Crippen LogP contribution in [0.5, 0.6) is 17.2 Å². The van der Waals surface area contributed by atoms with Crippen molar-refractivity contribution in [3.05, 3.63) is 41.3 Å². The van der Waals surface area contributed by atoms with Crippen LogP contribution in [0.25, 0.3) is 0 Å². The fraction of sp³-hybridized carbons (Fsp3) is 0.421. The summed E-state index contributed by atoms with van der Waals surface area (Å²) in [5, 5.41) is 0. The van der Waals surface area contributed by atoms with Crippen LogP contribution >= 0.6 is 0 Å². The van der Waals surface area contributed by atoms with Crippen LogP contribution in [0.4, 0.5) is 0 Å². The third-order valence-corrected chi connectivity index (χ3v) is 4.54. The van der Waals surface area contributed by atoms with Crippen molar-refractivity contribution in [1.82, 2.24) is 4.90 Å². The lowest BCUT2D eigenvalue weighted by atomic mass is 10.1. The van der Waals surface area contributed by atoms with Gasteiger partial charge in [0.15, 0.2) is 11.5 Å². The molecule has 0 bridgehead atoms. The van der Waals surface area contributed by atoms with Crippen LogP contribution < -0.4 is 14.2 Å². The number of carbonyl (C=O) groups excluding carboxylic acids is 1. The van der Waals surface area contributed by atoms with Crippen molar-refractivity contribution in [2.24, 2.45) is 0 Å². The van der Waals surface area contributed by atoms with Crippen molar-refractivity contribution < 1.29 is 23.4 Å². The summed E-state index contributed by atoms with van der Waals surface area (Å²) in [6, 6.07) is 7.15. The maximum atomic E-state index is 13.2. The molecule has 1 aliphatic rings. The molecule has 1 fully saturated rings. The van der Waals surface area contributed by atoms with Gasteiger partial charge >= 0.3 is 0 Å². The van der Waals surface area contributed by atoms with Crippen LogP contribution in [0.1, 0.15) is 40.8 Å². The Hall–Kier alpha value is -2.63. The first-order chi connectivity index (χ1) is 12.1. The average Bonchev–Trinajstić information content (AvgIpc) is 3.28. The molecular weight excluding hydrogens is 322 g/mol. The Labute approximate surface area is 147 Å². The smallest absolute Gasteiger partial charge is 0.258 e. The molecule has 0 unspecified atom stereocenters. The standard InChI is InChI=1S/C19H23NO5/c1-12-7-8-15(25-12)14-6-5-9-20(14)19(21)13-10-17(23-3)18(24-4)11-16(13)22-2/h7-8,10-11,14H,5-6,9H2,1-4H3/t14-/m0/s1. The SMILES string of the molecule is COc1cc(OC)c(C(=O)N2CCC[C@H]2c2ccc(C)o2)cc1OC. The first-order valence-corrected chi connectivity index (χ1v) is 8.26. The van der Waals surface area contributed by atoms with Gasteiger partial charge in [0.1, 0.15) is 17.3 Å². The van der Waals surface area contributed by atoms with Gasteiger partial charge in [-0.25, -0.2) is 0 Å². The number of rotatable bonds is 5. The van der Waals surface area contributed by atoms with E-state index in [4.69, 9.17) is 18.6 Å². The summed E-state index contributed by atoms with van der Waals surface area (Å²) in [6.45, 7) is 2.59. The van der Waals surface area contributed by atoms with Gasteiger partial charge in [0.25, 0.3) is 5.91 Å². The van der Waals surface area contributed by atoms with E-state index < -0.39 is 0 Å². The molecule has 3 rings (SSSR count). The van der Waals surface area contributed by atoms with Gasteiger partial charge in [0.05, 0.1) is 32.9 Å². The molecule has 0 N–H and O–H groups in total. The van der Waals surface area contributed by atoms with Crippen LogP contribution in [-0.4, -0.2) is 38.7 Å². The molecule has 134 valence electrons. The third kappa shape index (κ3) is 3.16. The molecule has 6 nitrogen and oxygen atoms in total. The molecule has 1 amide bonds. The molecule has 2 aromatic rings. The molecule has 1 aliphatic heterocycles. The van der Waals surface area contributed by atoms with Crippen molar-refractivity contribution in [3.8, 4) is 17.2 Å². The van der Waals surface area contributed by atoms with Gasteiger partial charge in [-0.2, -0.15) is 0 Å². The van der Waals surface area contributed by atoms with Crippen LogP contribution in [0.3, 0.4) is 0 Å². The number of nitrogens with zero attached hydrogens (tertiary/aromatic N) is 1. The molecule has 0 aliphatic carbocycles. The predicted octanol–water partition coefficient (Wildman–Crippen LogP) is 3.59. The van der Waals surface area contributed by atoms with Gasteiger partial charge in [0.2, 0.25) is 0 Å². The van der Waals surface area contributed by atoms with Crippen molar-refractivity contribution in [2.45, 2.75) is 25.8 Å². The number of amides is 1. The van der Waals surface area contributed by atoms with Crippen LogP contribution in [-0.2, 0) is 0 Å². The van der Waals surface area contributed by atoms with E-state index in [0.717, 1.165) is 24.4 Å². The first kappa shape index (κ1) is 17.2.